The van der Waals surface area contributed by atoms with E-state index in [1.807, 2.05) is 24.3 Å². The van der Waals surface area contributed by atoms with Gasteiger partial charge >= 0.3 is 0 Å². The number of amides is 2. The molecule has 2 aromatic rings. The molecule has 0 atom stereocenters. The summed E-state index contributed by atoms with van der Waals surface area (Å²) in [6, 6.07) is 11.1. The molecule has 2 heterocycles. The Bertz CT molecular complexity index is 885. The predicted molar refractivity (Wildman–Crippen MR) is 117 cm³/mol. The number of guanidine groups is 1. The number of rotatable bonds is 6. The number of carbonyl (C=O) groups excluding carboxylic acids is 2. The first-order valence-electron chi connectivity index (χ1n) is 10.2. The van der Waals surface area contributed by atoms with Gasteiger partial charge in [0.2, 0.25) is 5.91 Å². The number of carbonyl (C=O) groups is 2. The van der Waals surface area contributed by atoms with E-state index >= 15 is 0 Å². The second-order valence-electron chi connectivity index (χ2n) is 7.39. The average Bonchev–Trinajstić information content (AvgIpc) is 3.34. The number of likely N-dealkylation sites (N-methyl/N-ethyl adjacent to an activating group) is 1. The van der Waals surface area contributed by atoms with Gasteiger partial charge in [-0.15, -0.1) is 0 Å². The van der Waals surface area contributed by atoms with Gasteiger partial charge in [0.05, 0.1) is 26.5 Å². The van der Waals surface area contributed by atoms with Gasteiger partial charge in [-0.1, -0.05) is 12.1 Å². The number of piperazine rings is 1. The zero-order valence-electron chi connectivity index (χ0n) is 18.2. The summed E-state index contributed by atoms with van der Waals surface area (Å²) in [5, 5.41) is 3.17. The van der Waals surface area contributed by atoms with Crippen LogP contribution in [0.4, 0.5) is 0 Å². The van der Waals surface area contributed by atoms with Crippen LogP contribution < -0.4 is 10.1 Å². The smallest absolute Gasteiger partial charge is 0.289 e. The second-order valence-corrected chi connectivity index (χ2v) is 7.39. The molecule has 2 amide bonds. The van der Waals surface area contributed by atoms with E-state index in [1.165, 1.54) is 11.2 Å². The highest BCUT2D eigenvalue weighted by Crippen LogP contribution is 2.13. The number of methoxy groups -OCH3 is 1. The van der Waals surface area contributed by atoms with Crippen LogP contribution in [0.2, 0.25) is 0 Å². The Morgan fingerprint density at radius 1 is 1.10 bits per heavy atom. The molecule has 3 rings (SSSR count). The Morgan fingerprint density at radius 2 is 1.77 bits per heavy atom. The van der Waals surface area contributed by atoms with Gasteiger partial charge in [-0.3, -0.25) is 9.59 Å². The van der Waals surface area contributed by atoms with Gasteiger partial charge in [0.15, 0.2) is 11.7 Å². The molecule has 1 N–H and O–H groups in total. The fraction of sp³-hybridized carbons (Fsp3) is 0.409. The van der Waals surface area contributed by atoms with Gasteiger partial charge in [0.1, 0.15) is 5.75 Å². The third-order valence-electron chi connectivity index (χ3n) is 5.07. The highest BCUT2D eigenvalue weighted by molar-refractivity contribution is 5.92. The molecule has 9 nitrogen and oxygen atoms in total. The van der Waals surface area contributed by atoms with E-state index in [-0.39, 0.29) is 18.4 Å². The van der Waals surface area contributed by atoms with E-state index in [9.17, 15) is 9.59 Å². The minimum atomic E-state index is -0.114. The summed E-state index contributed by atoms with van der Waals surface area (Å²) in [4.78, 5) is 34.6. The molecule has 31 heavy (non-hydrogen) atoms. The summed E-state index contributed by atoms with van der Waals surface area (Å²) in [7, 11) is 5.07. The van der Waals surface area contributed by atoms with Crippen LogP contribution in [0.5, 0.6) is 5.75 Å². The lowest BCUT2D eigenvalue weighted by molar-refractivity contribution is -0.127. The molecule has 0 aliphatic carbocycles. The van der Waals surface area contributed by atoms with E-state index in [0.717, 1.165) is 11.3 Å². The molecule has 1 aliphatic heterocycles. The number of nitrogens with one attached hydrogen (secondary N) is 1. The van der Waals surface area contributed by atoms with Crippen molar-refractivity contribution >= 4 is 17.8 Å². The summed E-state index contributed by atoms with van der Waals surface area (Å²) in [6.07, 6.45) is 1.50. The molecule has 0 unspecified atom stereocenters. The Morgan fingerprint density at radius 3 is 2.35 bits per heavy atom. The van der Waals surface area contributed by atoms with E-state index in [2.05, 4.69) is 10.2 Å². The Balaban J connectivity index is 1.65. The minimum Gasteiger partial charge on any atom is -0.497 e. The van der Waals surface area contributed by atoms with Crippen LogP contribution in [0.1, 0.15) is 16.1 Å². The van der Waals surface area contributed by atoms with E-state index in [0.29, 0.717) is 44.4 Å². The van der Waals surface area contributed by atoms with Crippen LogP contribution in [-0.2, 0) is 11.3 Å². The molecule has 166 valence electrons. The maximum Gasteiger partial charge on any atom is 0.289 e. The summed E-state index contributed by atoms with van der Waals surface area (Å²) in [5.74, 6) is 1.63. The minimum absolute atomic E-state index is 0.0382. The lowest BCUT2D eigenvalue weighted by Crippen LogP contribution is -2.54. The highest BCUT2D eigenvalue weighted by atomic mass is 16.5. The highest BCUT2D eigenvalue weighted by Gasteiger charge is 2.25. The fourth-order valence-corrected chi connectivity index (χ4v) is 3.16. The SMILES string of the molecule is COc1ccc(CN=C(NCC(=O)N(C)C)N2CCN(C(=O)c3ccco3)CC2)cc1. The third kappa shape index (κ3) is 6.00. The molecule has 0 radical (unpaired) electrons. The number of aliphatic imine (C=N–C) groups is 1. The fourth-order valence-electron chi connectivity index (χ4n) is 3.16. The topological polar surface area (TPSA) is 90.6 Å². The molecule has 9 heteroatoms. The molecule has 1 fully saturated rings. The van der Waals surface area contributed by atoms with Crippen LogP contribution in [-0.4, -0.2) is 86.4 Å². The van der Waals surface area contributed by atoms with Crippen molar-refractivity contribution in [3.63, 3.8) is 0 Å². The van der Waals surface area contributed by atoms with Crippen molar-refractivity contribution in [3.05, 3.63) is 54.0 Å². The second kappa shape index (κ2) is 10.5. The number of hydrogen-bond acceptors (Lipinski definition) is 5. The summed E-state index contributed by atoms with van der Waals surface area (Å²) < 4.78 is 10.4. The zero-order chi connectivity index (χ0) is 22.2. The molecule has 0 bridgehead atoms. The normalized spacial score (nSPS) is 14.4. The van der Waals surface area contributed by atoms with Crippen molar-refractivity contribution in [2.45, 2.75) is 6.54 Å². The van der Waals surface area contributed by atoms with Crippen molar-refractivity contribution in [2.75, 3.05) is 53.9 Å². The lowest BCUT2D eigenvalue weighted by atomic mass is 10.2. The molecule has 1 aliphatic rings. The first-order valence-corrected chi connectivity index (χ1v) is 10.2. The van der Waals surface area contributed by atoms with Crippen LogP contribution in [0.3, 0.4) is 0 Å². The van der Waals surface area contributed by atoms with Crippen molar-refractivity contribution < 1.29 is 18.7 Å². The van der Waals surface area contributed by atoms with E-state index in [4.69, 9.17) is 14.1 Å². The average molecular weight is 428 g/mol. The largest absolute Gasteiger partial charge is 0.497 e. The van der Waals surface area contributed by atoms with Crippen molar-refractivity contribution in [2.24, 2.45) is 4.99 Å². The summed E-state index contributed by atoms with van der Waals surface area (Å²) >= 11 is 0. The molecular weight excluding hydrogens is 398 g/mol. The molecular formula is C22H29N5O4. The molecule has 1 aromatic carbocycles. The van der Waals surface area contributed by atoms with E-state index < -0.39 is 0 Å². The summed E-state index contributed by atoms with van der Waals surface area (Å²) in [5.41, 5.74) is 1.03. The van der Waals surface area contributed by atoms with Crippen LogP contribution in [0.15, 0.2) is 52.1 Å². The van der Waals surface area contributed by atoms with Gasteiger partial charge in [-0.05, 0) is 29.8 Å². The Labute approximate surface area is 182 Å². The number of furan rings is 1. The number of nitrogens with zero attached hydrogens (tertiary/aromatic N) is 4. The maximum atomic E-state index is 12.5. The standard InChI is InChI=1S/C22H29N5O4/c1-25(2)20(28)16-24-22(23-15-17-6-8-18(30-3)9-7-17)27-12-10-26(11-13-27)21(29)19-5-4-14-31-19/h4-9,14H,10-13,15-16H2,1-3H3,(H,23,24). The van der Waals surface area contributed by atoms with Gasteiger partial charge in [0, 0.05) is 40.3 Å². The molecule has 0 spiro atoms. The molecule has 0 saturated carbocycles. The predicted octanol–water partition coefficient (Wildman–Crippen LogP) is 1.28. The lowest BCUT2D eigenvalue weighted by Gasteiger charge is -2.36. The van der Waals surface area contributed by atoms with Crippen molar-refractivity contribution in [1.29, 1.82) is 0 Å². The van der Waals surface area contributed by atoms with Gasteiger partial charge in [-0.2, -0.15) is 0 Å². The van der Waals surface area contributed by atoms with Gasteiger partial charge < -0.3 is 29.2 Å². The van der Waals surface area contributed by atoms with Crippen molar-refractivity contribution in [1.82, 2.24) is 20.0 Å². The molecule has 1 saturated heterocycles. The third-order valence-corrected chi connectivity index (χ3v) is 5.07. The van der Waals surface area contributed by atoms with E-state index in [1.54, 1.807) is 38.2 Å². The van der Waals surface area contributed by atoms with Crippen LogP contribution >= 0.6 is 0 Å². The Kier molecular flexibility index (Phi) is 7.53. The van der Waals surface area contributed by atoms with Crippen LogP contribution in [0.25, 0.3) is 0 Å². The first kappa shape index (κ1) is 22.2. The van der Waals surface area contributed by atoms with Crippen molar-refractivity contribution in [3.8, 4) is 5.75 Å². The first-order chi connectivity index (χ1) is 15.0. The summed E-state index contributed by atoms with van der Waals surface area (Å²) in [6.45, 7) is 2.93. The quantitative estimate of drug-likeness (QED) is 0.552. The van der Waals surface area contributed by atoms with Gasteiger partial charge in [-0.25, -0.2) is 4.99 Å². The van der Waals surface area contributed by atoms with Crippen LogP contribution in [0, 0.1) is 0 Å². The van der Waals surface area contributed by atoms with Gasteiger partial charge in [0.25, 0.3) is 5.91 Å². The molecule has 1 aromatic heterocycles. The monoisotopic (exact) mass is 427 g/mol. The maximum absolute atomic E-state index is 12.5. The number of hydrogen-bond donors (Lipinski definition) is 1. The zero-order valence-corrected chi connectivity index (χ0v) is 18.2. The number of benzene rings is 1. The number of ether oxygens (including phenoxy) is 1. The Hall–Kier alpha value is -3.49.